The van der Waals surface area contributed by atoms with Crippen LogP contribution < -0.4 is 5.32 Å². The fourth-order valence-corrected chi connectivity index (χ4v) is 2.12. The van der Waals surface area contributed by atoms with E-state index in [1.807, 2.05) is 19.2 Å². The largest absolute Gasteiger partial charge is 0.468 e. The molecule has 0 aromatic carbocycles. The number of rotatable bonds is 6. The summed E-state index contributed by atoms with van der Waals surface area (Å²) in [6.07, 6.45) is 1.69. The van der Waals surface area contributed by atoms with Crippen LogP contribution in [0.4, 0.5) is 0 Å². The molecule has 0 aliphatic rings. The Balaban J connectivity index is 1.68. The van der Waals surface area contributed by atoms with Crippen molar-refractivity contribution in [1.29, 1.82) is 0 Å². The molecule has 0 saturated carbocycles. The average Bonchev–Trinajstić information content (AvgIpc) is 2.96. The first kappa shape index (κ1) is 12.1. The van der Waals surface area contributed by atoms with Gasteiger partial charge in [0.15, 0.2) is 0 Å². The van der Waals surface area contributed by atoms with Crippen LogP contribution in [0, 0.1) is 0 Å². The minimum absolute atomic E-state index is 0.225. The number of tetrazole rings is 1. The monoisotopic (exact) mass is 253 g/mol. The van der Waals surface area contributed by atoms with E-state index in [-0.39, 0.29) is 6.04 Å². The number of aromatic nitrogens is 4. The molecule has 0 aliphatic heterocycles. The Bertz CT molecular complexity index is 441. The molecule has 1 atom stereocenters. The van der Waals surface area contributed by atoms with Crippen LogP contribution in [0.1, 0.15) is 18.7 Å². The van der Waals surface area contributed by atoms with Gasteiger partial charge in [0.25, 0.3) is 0 Å². The predicted octanol–water partition coefficient (Wildman–Crippen LogP) is 1.25. The zero-order valence-electron chi connectivity index (χ0n) is 9.83. The van der Waals surface area contributed by atoms with Gasteiger partial charge >= 0.3 is 0 Å². The molecule has 0 radical (unpaired) electrons. The summed E-state index contributed by atoms with van der Waals surface area (Å²) >= 11 is 1.63. The Morgan fingerprint density at radius 3 is 3.12 bits per heavy atom. The molecule has 7 heteroatoms. The predicted molar refractivity (Wildman–Crippen MR) is 64.6 cm³/mol. The van der Waals surface area contributed by atoms with Gasteiger partial charge in [-0.15, -0.1) is 5.10 Å². The van der Waals surface area contributed by atoms with Gasteiger partial charge in [-0.3, -0.25) is 0 Å². The fourth-order valence-electron chi connectivity index (χ4n) is 1.40. The second-order valence-electron chi connectivity index (χ2n) is 3.62. The molecule has 17 heavy (non-hydrogen) atoms. The zero-order valence-corrected chi connectivity index (χ0v) is 10.6. The third kappa shape index (κ3) is 3.31. The van der Waals surface area contributed by atoms with Crippen molar-refractivity contribution in [2.45, 2.75) is 18.1 Å². The average molecular weight is 253 g/mol. The molecule has 0 saturated heterocycles. The topological polar surface area (TPSA) is 68.8 Å². The van der Waals surface area contributed by atoms with Gasteiger partial charge in [-0.05, 0) is 29.5 Å². The van der Waals surface area contributed by atoms with Crippen LogP contribution in [0.2, 0.25) is 0 Å². The van der Waals surface area contributed by atoms with Crippen LogP contribution in [-0.2, 0) is 7.05 Å². The molecule has 0 bridgehead atoms. The van der Waals surface area contributed by atoms with E-state index in [0.29, 0.717) is 0 Å². The first-order chi connectivity index (χ1) is 8.27. The molecule has 0 amide bonds. The highest BCUT2D eigenvalue weighted by atomic mass is 32.2. The van der Waals surface area contributed by atoms with E-state index in [4.69, 9.17) is 4.42 Å². The lowest BCUT2D eigenvalue weighted by atomic mass is 10.2. The maximum atomic E-state index is 5.31. The summed E-state index contributed by atoms with van der Waals surface area (Å²) in [6, 6.07) is 4.09. The molecule has 1 unspecified atom stereocenters. The van der Waals surface area contributed by atoms with Crippen molar-refractivity contribution in [2.24, 2.45) is 7.05 Å². The van der Waals surface area contributed by atoms with E-state index in [2.05, 4.69) is 27.8 Å². The van der Waals surface area contributed by atoms with Crippen molar-refractivity contribution in [3.63, 3.8) is 0 Å². The molecule has 2 heterocycles. The van der Waals surface area contributed by atoms with Crippen LogP contribution >= 0.6 is 11.8 Å². The summed E-state index contributed by atoms with van der Waals surface area (Å²) in [7, 11) is 1.83. The Morgan fingerprint density at radius 1 is 1.59 bits per heavy atom. The van der Waals surface area contributed by atoms with Crippen LogP contribution in [0.3, 0.4) is 0 Å². The summed E-state index contributed by atoms with van der Waals surface area (Å²) < 4.78 is 6.98. The minimum Gasteiger partial charge on any atom is -0.468 e. The summed E-state index contributed by atoms with van der Waals surface area (Å²) in [5.41, 5.74) is 0. The van der Waals surface area contributed by atoms with Crippen molar-refractivity contribution in [3.05, 3.63) is 24.2 Å². The number of hydrogen-bond acceptors (Lipinski definition) is 6. The van der Waals surface area contributed by atoms with Crippen molar-refractivity contribution in [3.8, 4) is 0 Å². The molecule has 92 valence electrons. The highest BCUT2D eigenvalue weighted by Crippen LogP contribution is 2.14. The standard InChI is InChI=1S/C10H15N5OS/c1-8(9-4-3-6-16-9)11-5-7-17-10-12-13-14-15(10)2/h3-4,6,8,11H,5,7H2,1-2H3. The lowest BCUT2D eigenvalue weighted by Crippen LogP contribution is -2.21. The normalized spacial score (nSPS) is 12.8. The number of furan rings is 1. The van der Waals surface area contributed by atoms with Crippen LogP contribution in [0.25, 0.3) is 0 Å². The maximum Gasteiger partial charge on any atom is 0.209 e. The van der Waals surface area contributed by atoms with E-state index in [1.54, 1.807) is 22.7 Å². The van der Waals surface area contributed by atoms with E-state index in [0.717, 1.165) is 23.2 Å². The van der Waals surface area contributed by atoms with Crippen LogP contribution in [-0.4, -0.2) is 32.5 Å². The van der Waals surface area contributed by atoms with Gasteiger partial charge in [-0.25, -0.2) is 4.68 Å². The van der Waals surface area contributed by atoms with E-state index < -0.39 is 0 Å². The van der Waals surface area contributed by atoms with Crippen molar-refractivity contribution >= 4 is 11.8 Å². The second kappa shape index (κ2) is 5.83. The quantitative estimate of drug-likeness (QED) is 0.617. The van der Waals surface area contributed by atoms with Gasteiger partial charge < -0.3 is 9.73 Å². The smallest absolute Gasteiger partial charge is 0.209 e. The Morgan fingerprint density at radius 2 is 2.47 bits per heavy atom. The highest BCUT2D eigenvalue weighted by Gasteiger charge is 2.07. The molecular weight excluding hydrogens is 238 g/mol. The van der Waals surface area contributed by atoms with E-state index in [1.165, 1.54) is 0 Å². The zero-order chi connectivity index (χ0) is 12.1. The summed E-state index contributed by atoms with van der Waals surface area (Å²) in [5, 5.41) is 15.5. The number of thioether (sulfide) groups is 1. The molecule has 6 nitrogen and oxygen atoms in total. The molecular formula is C10H15N5OS. The van der Waals surface area contributed by atoms with Gasteiger partial charge in [-0.1, -0.05) is 11.8 Å². The van der Waals surface area contributed by atoms with Crippen LogP contribution in [0.5, 0.6) is 0 Å². The molecule has 2 aromatic rings. The molecule has 0 fully saturated rings. The van der Waals surface area contributed by atoms with Gasteiger partial charge in [-0.2, -0.15) is 0 Å². The molecule has 2 rings (SSSR count). The first-order valence-corrected chi connectivity index (χ1v) is 6.38. The second-order valence-corrected chi connectivity index (χ2v) is 4.69. The third-order valence-electron chi connectivity index (χ3n) is 2.33. The van der Waals surface area contributed by atoms with Gasteiger partial charge in [0.1, 0.15) is 5.76 Å². The van der Waals surface area contributed by atoms with Crippen molar-refractivity contribution < 1.29 is 4.42 Å². The molecule has 1 N–H and O–H groups in total. The van der Waals surface area contributed by atoms with Gasteiger partial charge in [0.05, 0.1) is 12.3 Å². The molecule has 2 aromatic heterocycles. The van der Waals surface area contributed by atoms with E-state index in [9.17, 15) is 0 Å². The Kier molecular flexibility index (Phi) is 4.16. The van der Waals surface area contributed by atoms with Gasteiger partial charge in [0.2, 0.25) is 5.16 Å². The van der Waals surface area contributed by atoms with Crippen LogP contribution in [0.15, 0.2) is 28.0 Å². The fraction of sp³-hybridized carbons (Fsp3) is 0.500. The van der Waals surface area contributed by atoms with Gasteiger partial charge in [0, 0.05) is 19.3 Å². The summed E-state index contributed by atoms with van der Waals surface area (Å²) in [5.74, 6) is 1.87. The number of aryl methyl sites for hydroxylation is 1. The highest BCUT2D eigenvalue weighted by molar-refractivity contribution is 7.99. The maximum absolute atomic E-state index is 5.31. The summed E-state index contributed by atoms with van der Waals surface area (Å²) in [4.78, 5) is 0. The minimum atomic E-state index is 0.225. The number of hydrogen-bond donors (Lipinski definition) is 1. The van der Waals surface area contributed by atoms with E-state index >= 15 is 0 Å². The Labute approximate surface area is 104 Å². The summed E-state index contributed by atoms with van der Waals surface area (Å²) in [6.45, 7) is 2.95. The third-order valence-corrected chi connectivity index (χ3v) is 3.35. The number of nitrogens with zero attached hydrogens (tertiary/aromatic N) is 4. The van der Waals surface area contributed by atoms with Crippen molar-refractivity contribution in [1.82, 2.24) is 25.5 Å². The molecule has 0 spiro atoms. The molecule has 0 aliphatic carbocycles. The SMILES string of the molecule is CC(NCCSc1nnnn1C)c1ccco1. The first-order valence-electron chi connectivity index (χ1n) is 5.39. The Hall–Kier alpha value is -1.34. The lowest BCUT2D eigenvalue weighted by molar-refractivity contribution is 0.438. The lowest BCUT2D eigenvalue weighted by Gasteiger charge is -2.10. The number of nitrogens with one attached hydrogen (secondary N) is 1. The van der Waals surface area contributed by atoms with Crippen molar-refractivity contribution in [2.75, 3.05) is 12.3 Å².